The minimum atomic E-state index is -0.416. The van der Waals surface area contributed by atoms with Crippen molar-refractivity contribution in [3.05, 3.63) is 68.9 Å². The maximum atomic E-state index is 13.9. The van der Waals surface area contributed by atoms with Crippen molar-refractivity contribution in [3.63, 3.8) is 0 Å². The molecule has 0 fully saturated rings. The topological polar surface area (TPSA) is 0 Å². The van der Waals surface area contributed by atoms with Gasteiger partial charge in [-0.05, 0) is 46.1 Å². The molecule has 2 aromatic carbocycles. The van der Waals surface area contributed by atoms with E-state index >= 15 is 0 Å². The molecule has 0 aliphatic rings. The summed E-state index contributed by atoms with van der Waals surface area (Å²) in [7, 11) is 0. The van der Waals surface area contributed by atoms with Gasteiger partial charge in [-0.2, -0.15) is 0 Å². The first-order valence-electron chi connectivity index (χ1n) is 5.40. The summed E-state index contributed by atoms with van der Waals surface area (Å²) in [5.41, 5.74) is 1.48. The van der Waals surface area contributed by atoms with E-state index in [9.17, 15) is 4.39 Å². The Bertz CT molecular complexity index is 557. The SMILES string of the molecule is Fc1c(Br)cccc1C(Cl)Cc1cccc(Cl)c1. The van der Waals surface area contributed by atoms with E-state index in [4.69, 9.17) is 23.2 Å². The second-order valence-corrected chi connectivity index (χ2v) is 5.76. The molecule has 0 bridgehead atoms. The third-order valence-electron chi connectivity index (χ3n) is 2.62. The van der Waals surface area contributed by atoms with E-state index in [0.29, 0.717) is 21.5 Å². The number of halogens is 4. The highest BCUT2D eigenvalue weighted by Gasteiger charge is 2.15. The highest BCUT2D eigenvalue weighted by molar-refractivity contribution is 9.10. The van der Waals surface area contributed by atoms with Crippen LogP contribution in [0.15, 0.2) is 46.9 Å². The fourth-order valence-corrected chi connectivity index (χ4v) is 2.68. The van der Waals surface area contributed by atoms with Crippen LogP contribution in [0.25, 0.3) is 0 Å². The molecule has 0 amide bonds. The fraction of sp³-hybridized carbons (Fsp3) is 0.143. The Morgan fingerprint density at radius 3 is 2.61 bits per heavy atom. The molecule has 2 rings (SSSR count). The van der Waals surface area contributed by atoms with Gasteiger partial charge in [0.25, 0.3) is 0 Å². The van der Waals surface area contributed by atoms with E-state index in [1.807, 2.05) is 18.2 Å². The molecule has 1 unspecified atom stereocenters. The van der Waals surface area contributed by atoms with Gasteiger partial charge in [-0.15, -0.1) is 11.6 Å². The molecule has 0 nitrogen and oxygen atoms in total. The molecule has 1 atom stereocenters. The molecule has 0 aliphatic heterocycles. The molecule has 94 valence electrons. The lowest BCUT2D eigenvalue weighted by Gasteiger charge is -2.12. The van der Waals surface area contributed by atoms with E-state index in [-0.39, 0.29) is 5.82 Å². The van der Waals surface area contributed by atoms with Crippen LogP contribution >= 0.6 is 39.1 Å². The Morgan fingerprint density at radius 2 is 1.89 bits per heavy atom. The second kappa shape index (κ2) is 6.05. The van der Waals surface area contributed by atoms with Crippen molar-refractivity contribution in [1.82, 2.24) is 0 Å². The summed E-state index contributed by atoms with van der Waals surface area (Å²) in [6.07, 6.45) is 0.537. The first-order valence-corrected chi connectivity index (χ1v) is 7.01. The Labute approximate surface area is 124 Å². The average molecular weight is 348 g/mol. The standard InChI is InChI=1S/C14H10BrCl2F/c15-12-6-2-5-11(14(12)18)13(17)8-9-3-1-4-10(16)7-9/h1-7,13H,8H2. The average Bonchev–Trinajstić information content (AvgIpc) is 2.32. The van der Waals surface area contributed by atoms with Gasteiger partial charge >= 0.3 is 0 Å². The lowest BCUT2D eigenvalue weighted by Crippen LogP contribution is -1.99. The number of rotatable bonds is 3. The largest absolute Gasteiger partial charge is 0.205 e. The fourth-order valence-electron chi connectivity index (χ4n) is 1.74. The van der Waals surface area contributed by atoms with Crippen LogP contribution in [-0.4, -0.2) is 0 Å². The van der Waals surface area contributed by atoms with Crippen molar-refractivity contribution in [3.8, 4) is 0 Å². The molecule has 0 aromatic heterocycles. The molecule has 0 N–H and O–H groups in total. The highest BCUT2D eigenvalue weighted by Crippen LogP contribution is 2.30. The molecule has 0 heterocycles. The first-order chi connectivity index (χ1) is 8.58. The van der Waals surface area contributed by atoms with Crippen molar-refractivity contribution in [2.75, 3.05) is 0 Å². The summed E-state index contributed by atoms with van der Waals surface area (Å²) < 4.78 is 14.3. The predicted octanol–water partition coefficient (Wildman–Crippen LogP) is 5.76. The van der Waals surface area contributed by atoms with Crippen LogP contribution in [0.4, 0.5) is 4.39 Å². The third kappa shape index (κ3) is 3.25. The van der Waals surface area contributed by atoms with Gasteiger partial charge in [0.05, 0.1) is 9.85 Å². The number of hydrogen-bond acceptors (Lipinski definition) is 0. The molecule has 0 radical (unpaired) electrons. The molecule has 0 spiro atoms. The Kier molecular flexibility index (Phi) is 4.66. The summed E-state index contributed by atoms with van der Waals surface area (Å²) in [6.45, 7) is 0. The molecule has 18 heavy (non-hydrogen) atoms. The summed E-state index contributed by atoms with van der Waals surface area (Å²) in [6, 6.07) is 12.6. The van der Waals surface area contributed by atoms with Crippen LogP contribution in [-0.2, 0) is 6.42 Å². The highest BCUT2D eigenvalue weighted by atomic mass is 79.9. The van der Waals surface area contributed by atoms with Gasteiger partial charge in [0.2, 0.25) is 0 Å². The summed E-state index contributed by atoms with van der Waals surface area (Å²) in [4.78, 5) is 0. The molecule has 0 saturated heterocycles. The number of benzene rings is 2. The maximum Gasteiger partial charge on any atom is 0.142 e. The maximum absolute atomic E-state index is 13.9. The van der Waals surface area contributed by atoms with Crippen LogP contribution in [0, 0.1) is 5.82 Å². The number of hydrogen-bond donors (Lipinski definition) is 0. The Morgan fingerprint density at radius 1 is 1.17 bits per heavy atom. The van der Waals surface area contributed by atoms with Crippen molar-refractivity contribution >= 4 is 39.1 Å². The monoisotopic (exact) mass is 346 g/mol. The van der Waals surface area contributed by atoms with Gasteiger partial charge in [0, 0.05) is 10.6 Å². The zero-order chi connectivity index (χ0) is 13.1. The lowest BCUT2D eigenvalue weighted by molar-refractivity contribution is 0.599. The van der Waals surface area contributed by atoms with Crippen LogP contribution in [0.5, 0.6) is 0 Å². The van der Waals surface area contributed by atoms with Crippen LogP contribution in [0.3, 0.4) is 0 Å². The predicted molar refractivity (Wildman–Crippen MR) is 77.9 cm³/mol. The minimum Gasteiger partial charge on any atom is -0.205 e. The zero-order valence-electron chi connectivity index (χ0n) is 9.34. The molecular weight excluding hydrogens is 338 g/mol. The first kappa shape index (κ1) is 13.9. The molecule has 0 saturated carbocycles. The Hall–Kier alpha value is -0.570. The molecule has 4 heteroatoms. The Balaban J connectivity index is 2.22. The normalized spacial score (nSPS) is 12.4. The van der Waals surface area contributed by atoms with Gasteiger partial charge in [-0.25, -0.2) is 4.39 Å². The summed E-state index contributed by atoms with van der Waals surface area (Å²) in [5.74, 6) is -0.306. The van der Waals surface area contributed by atoms with Crippen LogP contribution in [0.2, 0.25) is 5.02 Å². The summed E-state index contributed by atoms with van der Waals surface area (Å²) >= 11 is 15.3. The van der Waals surface area contributed by atoms with Gasteiger partial charge in [-0.1, -0.05) is 35.9 Å². The van der Waals surface area contributed by atoms with Crippen molar-refractivity contribution in [2.24, 2.45) is 0 Å². The molecular formula is C14H10BrCl2F. The third-order valence-corrected chi connectivity index (χ3v) is 3.86. The van der Waals surface area contributed by atoms with Gasteiger partial charge in [0.15, 0.2) is 0 Å². The van der Waals surface area contributed by atoms with E-state index in [1.165, 1.54) is 0 Å². The van der Waals surface area contributed by atoms with Gasteiger partial charge in [-0.3, -0.25) is 0 Å². The number of alkyl halides is 1. The van der Waals surface area contributed by atoms with E-state index in [2.05, 4.69) is 15.9 Å². The molecule has 2 aromatic rings. The van der Waals surface area contributed by atoms with Crippen LogP contribution < -0.4 is 0 Å². The van der Waals surface area contributed by atoms with Crippen LogP contribution in [0.1, 0.15) is 16.5 Å². The molecule has 0 aliphatic carbocycles. The smallest absolute Gasteiger partial charge is 0.142 e. The summed E-state index contributed by atoms with van der Waals surface area (Å²) in [5, 5.41) is 0.243. The quantitative estimate of drug-likeness (QED) is 0.619. The van der Waals surface area contributed by atoms with Crippen molar-refractivity contribution < 1.29 is 4.39 Å². The van der Waals surface area contributed by atoms with E-state index < -0.39 is 5.38 Å². The lowest BCUT2D eigenvalue weighted by atomic mass is 10.0. The van der Waals surface area contributed by atoms with Crippen molar-refractivity contribution in [1.29, 1.82) is 0 Å². The minimum absolute atomic E-state index is 0.306. The van der Waals surface area contributed by atoms with E-state index in [0.717, 1.165) is 5.56 Å². The van der Waals surface area contributed by atoms with Crippen molar-refractivity contribution in [2.45, 2.75) is 11.8 Å². The van der Waals surface area contributed by atoms with E-state index in [1.54, 1.807) is 24.3 Å². The zero-order valence-corrected chi connectivity index (χ0v) is 12.4. The van der Waals surface area contributed by atoms with Gasteiger partial charge in [0.1, 0.15) is 5.82 Å². The second-order valence-electron chi connectivity index (χ2n) is 3.94. The van der Waals surface area contributed by atoms with Gasteiger partial charge < -0.3 is 0 Å².